The topological polar surface area (TPSA) is 49.3 Å². The number of hydrogen-bond acceptors (Lipinski definition) is 2. The van der Waals surface area contributed by atoms with Crippen LogP contribution in [0.25, 0.3) is 0 Å². The Kier molecular flexibility index (Phi) is 5.64. The van der Waals surface area contributed by atoms with Crippen LogP contribution in [0.4, 0.5) is 0 Å². The van der Waals surface area contributed by atoms with E-state index in [0.29, 0.717) is 12.5 Å². The van der Waals surface area contributed by atoms with Crippen LogP contribution in [-0.2, 0) is 4.79 Å². The predicted octanol–water partition coefficient (Wildman–Crippen LogP) is 2.52. The van der Waals surface area contributed by atoms with E-state index in [1.165, 1.54) is 0 Å². The van der Waals surface area contributed by atoms with Crippen molar-refractivity contribution in [1.82, 2.24) is 5.32 Å². The molecule has 0 radical (unpaired) electrons. The summed E-state index contributed by atoms with van der Waals surface area (Å²) >= 11 is 0. The maximum atomic E-state index is 10.9. The summed E-state index contributed by atoms with van der Waals surface area (Å²) in [7, 11) is 0. The summed E-state index contributed by atoms with van der Waals surface area (Å²) in [4.78, 5) is 10.9. The highest BCUT2D eigenvalue weighted by molar-refractivity contribution is 5.69. The van der Waals surface area contributed by atoms with Gasteiger partial charge in [-0.15, -0.1) is 0 Å². The number of aliphatic carboxylic acids is 1. The first-order valence-corrected chi connectivity index (χ1v) is 7.23. The van der Waals surface area contributed by atoms with Crippen LogP contribution in [0.15, 0.2) is 30.3 Å². The van der Waals surface area contributed by atoms with Crippen LogP contribution in [0.3, 0.4) is 0 Å². The summed E-state index contributed by atoms with van der Waals surface area (Å²) in [5, 5.41) is 12.3. The summed E-state index contributed by atoms with van der Waals surface area (Å²) in [5.74, 6) is 6.07. The summed E-state index contributed by atoms with van der Waals surface area (Å²) in [6.07, 6.45) is 3.65. The average Bonchev–Trinajstić information content (AvgIpc) is 2.48. The molecular weight excluding hydrogens is 250 g/mol. The molecule has 1 aliphatic rings. The minimum Gasteiger partial charge on any atom is -0.481 e. The van der Waals surface area contributed by atoms with Crippen LogP contribution >= 0.6 is 0 Å². The molecule has 0 saturated heterocycles. The summed E-state index contributed by atoms with van der Waals surface area (Å²) in [6, 6.07) is 9.95. The van der Waals surface area contributed by atoms with Crippen LogP contribution in [-0.4, -0.2) is 24.2 Å². The van der Waals surface area contributed by atoms with E-state index >= 15 is 0 Å². The molecule has 2 rings (SSSR count). The molecule has 2 N–H and O–H groups in total. The van der Waals surface area contributed by atoms with Gasteiger partial charge in [-0.2, -0.15) is 0 Å². The Labute approximate surface area is 120 Å². The van der Waals surface area contributed by atoms with Gasteiger partial charge in [0, 0.05) is 5.56 Å². The van der Waals surface area contributed by atoms with E-state index in [1.807, 2.05) is 30.3 Å². The molecule has 0 spiro atoms. The Bertz CT molecular complexity index is 479. The zero-order valence-corrected chi connectivity index (χ0v) is 11.6. The van der Waals surface area contributed by atoms with E-state index in [-0.39, 0.29) is 5.92 Å². The first kappa shape index (κ1) is 14.6. The Hall–Kier alpha value is -1.79. The van der Waals surface area contributed by atoms with Crippen molar-refractivity contribution >= 4 is 5.97 Å². The summed E-state index contributed by atoms with van der Waals surface area (Å²) in [5.41, 5.74) is 1.04. The molecule has 20 heavy (non-hydrogen) atoms. The largest absolute Gasteiger partial charge is 0.481 e. The van der Waals surface area contributed by atoms with Gasteiger partial charge in [0.05, 0.1) is 12.5 Å². The van der Waals surface area contributed by atoms with Crippen LogP contribution in [0.2, 0.25) is 0 Å². The fourth-order valence-electron chi connectivity index (χ4n) is 2.62. The molecule has 1 aliphatic carbocycles. The number of nitrogens with one attached hydrogen (secondary N) is 1. The van der Waals surface area contributed by atoms with E-state index in [2.05, 4.69) is 17.2 Å². The van der Waals surface area contributed by atoms with Crippen molar-refractivity contribution < 1.29 is 9.90 Å². The molecule has 0 amide bonds. The van der Waals surface area contributed by atoms with Gasteiger partial charge in [0.25, 0.3) is 0 Å². The van der Waals surface area contributed by atoms with Gasteiger partial charge in [0.15, 0.2) is 0 Å². The van der Waals surface area contributed by atoms with Crippen molar-refractivity contribution in [3.05, 3.63) is 35.9 Å². The molecule has 0 unspecified atom stereocenters. The summed E-state index contributed by atoms with van der Waals surface area (Å²) in [6.45, 7) is 1.63. The normalized spacial score (nSPS) is 21.8. The molecule has 1 aromatic rings. The van der Waals surface area contributed by atoms with Crippen molar-refractivity contribution in [2.24, 2.45) is 11.8 Å². The lowest BCUT2D eigenvalue weighted by atomic mass is 9.82. The second-order valence-corrected chi connectivity index (χ2v) is 5.35. The molecule has 0 bridgehead atoms. The van der Waals surface area contributed by atoms with Gasteiger partial charge in [-0.3, -0.25) is 4.79 Å². The molecule has 0 aromatic heterocycles. The zero-order valence-electron chi connectivity index (χ0n) is 11.6. The Morgan fingerprint density at radius 2 is 1.90 bits per heavy atom. The van der Waals surface area contributed by atoms with Gasteiger partial charge in [-0.1, -0.05) is 30.0 Å². The molecule has 106 valence electrons. The van der Waals surface area contributed by atoms with Crippen LogP contribution in [0.5, 0.6) is 0 Å². The smallest absolute Gasteiger partial charge is 0.306 e. The molecule has 3 nitrogen and oxygen atoms in total. The fourth-order valence-corrected chi connectivity index (χ4v) is 2.62. The SMILES string of the molecule is O=C(O)C1CCC(CNCC#Cc2ccccc2)CC1. The highest BCUT2D eigenvalue weighted by Gasteiger charge is 2.25. The highest BCUT2D eigenvalue weighted by atomic mass is 16.4. The Morgan fingerprint density at radius 1 is 1.20 bits per heavy atom. The third-order valence-corrected chi connectivity index (χ3v) is 3.85. The number of hydrogen-bond donors (Lipinski definition) is 2. The minimum absolute atomic E-state index is 0.121. The fraction of sp³-hybridized carbons (Fsp3) is 0.471. The first-order chi connectivity index (χ1) is 9.75. The van der Waals surface area contributed by atoms with Gasteiger partial charge in [-0.05, 0) is 50.3 Å². The lowest BCUT2D eigenvalue weighted by Gasteiger charge is -2.25. The number of carbonyl (C=O) groups is 1. The van der Waals surface area contributed by atoms with E-state index in [4.69, 9.17) is 5.11 Å². The molecule has 3 heteroatoms. The molecule has 0 heterocycles. The van der Waals surface area contributed by atoms with Gasteiger partial charge in [0.1, 0.15) is 0 Å². The van der Waals surface area contributed by atoms with E-state index in [0.717, 1.165) is 37.8 Å². The van der Waals surface area contributed by atoms with Crippen molar-refractivity contribution in [1.29, 1.82) is 0 Å². The van der Waals surface area contributed by atoms with Crippen molar-refractivity contribution in [3.8, 4) is 11.8 Å². The van der Waals surface area contributed by atoms with E-state index in [9.17, 15) is 4.79 Å². The number of carboxylic acid groups (broad SMARTS) is 1. The quantitative estimate of drug-likeness (QED) is 0.653. The van der Waals surface area contributed by atoms with Gasteiger partial charge in [0.2, 0.25) is 0 Å². The van der Waals surface area contributed by atoms with Gasteiger partial charge in [-0.25, -0.2) is 0 Å². The van der Waals surface area contributed by atoms with Crippen LogP contribution in [0, 0.1) is 23.7 Å². The van der Waals surface area contributed by atoms with E-state index in [1.54, 1.807) is 0 Å². The molecule has 0 atom stereocenters. The average molecular weight is 271 g/mol. The Morgan fingerprint density at radius 3 is 2.55 bits per heavy atom. The van der Waals surface area contributed by atoms with Gasteiger partial charge < -0.3 is 10.4 Å². The third kappa shape index (κ3) is 4.71. The van der Waals surface area contributed by atoms with E-state index < -0.39 is 5.97 Å². The number of carboxylic acids is 1. The molecule has 1 aromatic carbocycles. The third-order valence-electron chi connectivity index (χ3n) is 3.85. The second kappa shape index (κ2) is 7.72. The van der Waals surface area contributed by atoms with Crippen molar-refractivity contribution in [3.63, 3.8) is 0 Å². The highest BCUT2D eigenvalue weighted by Crippen LogP contribution is 2.28. The Balaban J connectivity index is 1.63. The lowest BCUT2D eigenvalue weighted by molar-refractivity contribution is -0.143. The maximum absolute atomic E-state index is 10.9. The molecule has 1 fully saturated rings. The number of benzene rings is 1. The summed E-state index contributed by atoms with van der Waals surface area (Å²) < 4.78 is 0. The molecule has 1 saturated carbocycles. The standard InChI is InChI=1S/C17H21NO2/c19-17(20)16-10-8-15(9-11-16)13-18-12-4-7-14-5-2-1-3-6-14/h1-3,5-6,15-16,18H,8-13H2,(H,19,20). The minimum atomic E-state index is -0.634. The molecular formula is C17H21NO2. The maximum Gasteiger partial charge on any atom is 0.306 e. The number of rotatable bonds is 4. The lowest BCUT2D eigenvalue weighted by Crippen LogP contribution is -2.28. The predicted molar refractivity (Wildman–Crippen MR) is 79.3 cm³/mol. The monoisotopic (exact) mass is 271 g/mol. The first-order valence-electron chi connectivity index (χ1n) is 7.23. The van der Waals surface area contributed by atoms with Crippen LogP contribution < -0.4 is 5.32 Å². The second-order valence-electron chi connectivity index (χ2n) is 5.35. The van der Waals surface area contributed by atoms with Crippen molar-refractivity contribution in [2.75, 3.05) is 13.1 Å². The zero-order chi connectivity index (χ0) is 14.2. The van der Waals surface area contributed by atoms with Crippen LogP contribution in [0.1, 0.15) is 31.2 Å². The van der Waals surface area contributed by atoms with Crippen molar-refractivity contribution in [2.45, 2.75) is 25.7 Å². The van der Waals surface area contributed by atoms with Gasteiger partial charge >= 0.3 is 5.97 Å². The molecule has 0 aliphatic heterocycles.